The van der Waals surface area contributed by atoms with Gasteiger partial charge in [-0.1, -0.05) is 6.07 Å². The van der Waals surface area contributed by atoms with Gasteiger partial charge in [0.1, 0.15) is 5.82 Å². The number of nitrogens with zero attached hydrogens (tertiary/aromatic N) is 2. The average molecular weight is 420 g/mol. The molecule has 1 aromatic heterocycles. The van der Waals surface area contributed by atoms with Gasteiger partial charge in [-0.25, -0.2) is 9.38 Å². The zero-order valence-electron chi connectivity index (χ0n) is 17.3. The van der Waals surface area contributed by atoms with Crippen molar-refractivity contribution < 1.29 is 9.18 Å². The van der Waals surface area contributed by atoms with Gasteiger partial charge in [-0.2, -0.15) is 0 Å². The Balaban J connectivity index is 1.63. The first-order valence-corrected chi connectivity index (χ1v) is 10.4. The number of carbonyl (C=O) groups is 1. The van der Waals surface area contributed by atoms with Crippen molar-refractivity contribution in [2.45, 2.75) is 27.7 Å². The van der Waals surface area contributed by atoms with Gasteiger partial charge in [0.15, 0.2) is 5.17 Å². The van der Waals surface area contributed by atoms with Crippen LogP contribution in [0, 0.1) is 33.5 Å². The fourth-order valence-electron chi connectivity index (χ4n) is 3.46. The number of halogens is 1. The number of aromatic nitrogens is 1. The van der Waals surface area contributed by atoms with E-state index < -0.39 is 0 Å². The Bertz CT molecular complexity index is 1210. The lowest BCUT2D eigenvalue weighted by atomic mass is 10.1. The van der Waals surface area contributed by atoms with Crippen molar-refractivity contribution >= 4 is 34.6 Å². The summed E-state index contributed by atoms with van der Waals surface area (Å²) in [6.07, 6.45) is 1.88. The van der Waals surface area contributed by atoms with Crippen LogP contribution in [0.2, 0.25) is 0 Å². The molecule has 1 aliphatic rings. The number of hydrogen-bond acceptors (Lipinski definition) is 3. The van der Waals surface area contributed by atoms with E-state index in [1.54, 1.807) is 12.1 Å². The molecule has 2 heterocycles. The molecule has 4 rings (SSSR count). The average Bonchev–Trinajstić information content (AvgIpc) is 3.18. The predicted octanol–water partition coefficient (Wildman–Crippen LogP) is 5.74. The van der Waals surface area contributed by atoms with E-state index in [-0.39, 0.29) is 11.7 Å². The maximum Gasteiger partial charge on any atom is 0.264 e. The van der Waals surface area contributed by atoms with Crippen molar-refractivity contribution in [3.05, 3.63) is 87.3 Å². The summed E-state index contributed by atoms with van der Waals surface area (Å²) in [7, 11) is 0. The van der Waals surface area contributed by atoms with Crippen LogP contribution in [-0.4, -0.2) is 15.6 Å². The highest BCUT2D eigenvalue weighted by Crippen LogP contribution is 2.31. The minimum Gasteiger partial charge on any atom is -0.318 e. The number of amidine groups is 1. The summed E-state index contributed by atoms with van der Waals surface area (Å²) in [4.78, 5) is 17.6. The summed E-state index contributed by atoms with van der Waals surface area (Å²) >= 11 is 1.33. The van der Waals surface area contributed by atoms with Gasteiger partial charge >= 0.3 is 0 Å². The Morgan fingerprint density at radius 3 is 2.43 bits per heavy atom. The highest BCUT2D eigenvalue weighted by atomic mass is 32.2. The maximum atomic E-state index is 13.3. The summed E-state index contributed by atoms with van der Waals surface area (Å²) in [6, 6.07) is 14.4. The van der Waals surface area contributed by atoms with Crippen LogP contribution < -0.4 is 5.32 Å². The van der Waals surface area contributed by atoms with Crippen molar-refractivity contribution in [3.8, 4) is 5.69 Å². The molecule has 30 heavy (non-hydrogen) atoms. The number of thioether (sulfide) groups is 1. The summed E-state index contributed by atoms with van der Waals surface area (Å²) in [5, 5.41) is 3.41. The van der Waals surface area contributed by atoms with E-state index >= 15 is 0 Å². The summed E-state index contributed by atoms with van der Waals surface area (Å²) in [5.74, 6) is -0.424. The number of rotatable bonds is 3. The predicted molar refractivity (Wildman–Crippen MR) is 122 cm³/mol. The molecule has 1 amide bonds. The maximum absolute atomic E-state index is 13.3. The van der Waals surface area contributed by atoms with Crippen molar-refractivity contribution in [1.29, 1.82) is 0 Å². The number of benzene rings is 2. The molecular weight excluding hydrogens is 397 g/mol. The van der Waals surface area contributed by atoms with Crippen molar-refractivity contribution in [2.24, 2.45) is 4.99 Å². The summed E-state index contributed by atoms with van der Waals surface area (Å²) < 4.78 is 15.3. The van der Waals surface area contributed by atoms with E-state index in [0.29, 0.717) is 10.1 Å². The van der Waals surface area contributed by atoms with Crippen LogP contribution in [0.5, 0.6) is 0 Å². The monoisotopic (exact) mass is 419 g/mol. The smallest absolute Gasteiger partial charge is 0.264 e. The van der Waals surface area contributed by atoms with Gasteiger partial charge in [0, 0.05) is 17.1 Å². The normalized spacial score (nSPS) is 16.5. The van der Waals surface area contributed by atoms with Crippen LogP contribution >= 0.6 is 11.8 Å². The third kappa shape index (κ3) is 3.96. The van der Waals surface area contributed by atoms with Gasteiger partial charge in [0.25, 0.3) is 5.91 Å². The molecule has 1 saturated heterocycles. The topological polar surface area (TPSA) is 46.4 Å². The van der Waals surface area contributed by atoms with E-state index in [0.717, 1.165) is 33.9 Å². The second-order valence-corrected chi connectivity index (χ2v) is 8.42. The van der Waals surface area contributed by atoms with Gasteiger partial charge in [0.05, 0.1) is 10.6 Å². The highest BCUT2D eigenvalue weighted by molar-refractivity contribution is 8.18. The Labute approximate surface area is 179 Å². The Hall–Kier alpha value is -3.12. The van der Waals surface area contributed by atoms with Crippen LogP contribution in [0.4, 0.5) is 10.1 Å². The fourth-order valence-corrected chi connectivity index (χ4v) is 4.29. The van der Waals surface area contributed by atoms with E-state index in [1.807, 2.05) is 55.7 Å². The molecule has 0 unspecified atom stereocenters. The molecule has 1 N–H and O–H groups in total. The number of nitrogens with one attached hydrogen (secondary N) is 1. The first-order chi connectivity index (χ1) is 14.3. The lowest BCUT2D eigenvalue weighted by Crippen LogP contribution is -2.19. The second kappa shape index (κ2) is 7.95. The molecule has 1 aliphatic heterocycles. The van der Waals surface area contributed by atoms with Crippen molar-refractivity contribution in [2.75, 3.05) is 0 Å². The van der Waals surface area contributed by atoms with Gasteiger partial charge in [0.2, 0.25) is 0 Å². The Morgan fingerprint density at radius 1 is 1.00 bits per heavy atom. The molecule has 152 valence electrons. The van der Waals surface area contributed by atoms with Crippen LogP contribution in [0.15, 0.2) is 58.4 Å². The summed E-state index contributed by atoms with van der Waals surface area (Å²) in [6.45, 7) is 8.08. The SMILES string of the molecule is Cc1ccc(N=C2NC(=O)/C(=C/c3cc(C)n(-c4ccc(F)cc4)c3C)S2)cc1C. The minimum atomic E-state index is -0.266. The molecule has 0 radical (unpaired) electrons. The van der Waals surface area contributed by atoms with Gasteiger partial charge < -0.3 is 9.88 Å². The Morgan fingerprint density at radius 2 is 1.73 bits per heavy atom. The lowest BCUT2D eigenvalue weighted by molar-refractivity contribution is -0.115. The molecule has 3 aromatic rings. The van der Waals surface area contributed by atoms with Gasteiger partial charge in [-0.3, -0.25) is 4.79 Å². The zero-order valence-corrected chi connectivity index (χ0v) is 18.1. The van der Waals surface area contributed by atoms with E-state index in [1.165, 1.54) is 29.5 Å². The molecule has 1 fully saturated rings. The minimum absolute atomic E-state index is 0.158. The third-order valence-corrected chi connectivity index (χ3v) is 6.12. The summed E-state index contributed by atoms with van der Waals surface area (Å²) in [5.41, 5.74) is 7.02. The van der Waals surface area contributed by atoms with Crippen molar-refractivity contribution in [1.82, 2.24) is 9.88 Å². The first kappa shape index (κ1) is 20.2. The molecule has 4 nitrogen and oxygen atoms in total. The van der Waals surface area contributed by atoms with E-state index in [4.69, 9.17) is 0 Å². The molecule has 2 aromatic carbocycles. The van der Waals surface area contributed by atoms with Crippen LogP contribution in [0.3, 0.4) is 0 Å². The number of aliphatic imine (C=N–C) groups is 1. The lowest BCUT2D eigenvalue weighted by Gasteiger charge is -2.09. The van der Waals surface area contributed by atoms with Gasteiger partial charge in [-0.15, -0.1) is 0 Å². The molecule has 0 saturated carbocycles. The first-order valence-electron chi connectivity index (χ1n) is 9.63. The molecule has 0 aliphatic carbocycles. The van der Waals surface area contributed by atoms with Crippen LogP contribution in [0.1, 0.15) is 28.1 Å². The quantitative estimate of drug-likeness (QED) is 0.550. The molecule has 0 spiro atoms. The largest absolute Gasteiger partial charge is 0.318 e. The molecule has 0 atom stereocenters. The standard InChI is InChI=1S/C24H22FN3OS/c1-14-5-8-20(11-15(14)2)26-24-27-23(29)22(30-24)13-18-12-16(3)28(17(18)4)21-9-6-19(25)7-10-21/h5-13H,1-4H3,(H,26,27,29)/b22-13-. The number of carbonyl (C=O) groups excluding carboxylic acids is 1. The number of amides is 1. The highest BCUT2D eigenvalue weighted by Gasteiger charge is 2.24. The molecular formula is C24H22FN3OS. The van der Waals surface area contributed by atoms with E-state index in [2.05, 4.69) is 17.2 Å². The van der Waals surface area contributed by atoms with E-state index in [9.17, 15) is 9.18 Å². The Kier molecular flexibility index (Phi) is 5.35. The molecule has 6 heteroatoms. The zero-order chi connectivity index (χ0) is 21.4. The number of hydrogen-bond donors (Lipinski definition) is 1. The van der Waals surface area contributed by atoms with Crippen LogP contribution in [-0.2, 0) is 4.79 Å². The second-order valence-electron chi connectivity index (χ2n) is 7.39. The van der Waals surface area contributed by atoms with Crippen LogP contribution in [0.25, 0.3) is 11.8 Å². The van der Waals surface area contributed by atoms with Crippen molar-refractivity contribution in [3.63, 3.8) is 0 Å². The van der Waals surface area contributed by atoms with Gasteiger partial charge in [-0.05, 0) is 105 Å². The molecule has 0 bridgehead atoms. The third-order valence-electron chi connectivity index (χ3n) is 5.21. The number of aryl methyl sites for hydroxylation is 3. The fraction of sp³-hybridized carbons (Fsp3) is 0.167.